The van der Waals surface area contributed by atoms with Crippen molar-refractivity contribution in [2.45, 2.75) is 26.4 Å². The highest BCUT2D eigenvalue weighted by molar-refractivity contribution is 5.91. The number of halogens is 1. The second-order valence-electron chi connectivity index (χ2n) is 5.17. The lowest BCUT2D eigenvalue weighted by atomic mass is 10.3. The van der Waals surface area contributed by atoms with Crippen molar-refractivity contribution in [3.63, 3.8) is 0 Å². The standard InChI is InChI=1S/C16H23FN2O4/c1-12(2)23-9-3-8-18-15(20)10-22-11-16(21)19-14-6-4-13(17)5-7-14/h4-7,12H,3,8-11H2,1-2H3,(H,18,20)(H,19,21). The molecule has 23 heavy (non-hydrogen) atoms. The van der Waals surface area contributed by atoms with E-state index in [0.717, 1.165) is 6.42 Å². The van der Waals surface area contributed by atoms with Crippen LogP contribution in [0.1, 0.15) is 20.3 Å². The number of anilines is 1. The third-order valence-corrected chi connectivity index (χ3v) is 2.69. The van der Waals surface area contributed by atoms with Gasteiger partial charge >= 0.3 is 0 Å². The summed E-state index contributed by atoms with van der Waals surface area (Å²) in [4.78, 5) is 23.0. The van der Waals surface area contributed by atoms with E-state index in [1.165, 1.54) is 24.3 Å². The van der Waals surface area contributed by atoms with Crippen molar-refractivity contribution < 1.29 is 23.5 Å². The predicted molar refractivity (Wildman–Crippen MR) is 84.6 cm³/mol. The Bertz CT molecular complexity index is 491. The van der Waals surface area contributed by atoms with Gasteiger partial charge in [-0.15, -0.1) is 0 Å². The maximum atomic E-state index is 12.7. The number of ether oxygens (including phenoxy) is 2. The highest BCUT2D eigenvalue weighted by Crippen LogP contribution is 2.07. The first-order valence-corrected chi connectivity index (χ1v) is 7.49. The van der Waals surface area contributed by atoms with Gasteiger partial charge in [0, 0.05) is 18.8 Å². The molecule has 0 aliphatic rings. The molecule has 0 aromatic heterocycles. The number of benzene rings is 1. The fourth-order valence-corrected chi connectivity index (χ4v) is 1.64. The molecule has 1 rings (SSSR count). The van der Waals surface area contributed by atoms with E-state index in [0.29, 0.717) is 18.8 Å². The molecule has 0 spiro atoms. The fraction of sp³-hybridized carbons (Fsp3) is 0.500. The summed E-state index contributed by atoms with van der Waals surface area (Å²) in [6.45, 7) is 4.53. The summed E-state index contributed by atoms with van der Waals surface area (Å²) in [5.74, 6) is -1.08. The summed E-state index contributed by atoms with van der Waals surface area (Å²) >= 11 is 0. The maximum absolute atomic E-state index is 12.7. The lowest BCUT2D eigenvalue weighted by molar-refractivity contribution is -0.128. The third-order valence-electron chi connectivity index (χ3n) is 2.69. The summed E-state index contributed by atoms with van der Waals surface area (Å²) in [5, 5.41) is 5.20. The van der Waals surface area contributed by atoms with E-state index >= 15 is 0 Å². The molecular weight excluding hydrogens is 303 g/mol. The molecule has 0 bridgehead atoms. The van der Waals surface area contributed by atoms with Crippen LogP contribution >= 0.6 is 0 Å². The number of rotatable bonds is 10. The second-order valence-corrected chi connectivity index (χ2v) is 5.17. The maximum Gasteiger partial charge on any atom is 0.250 e. The normalized spacial score (nSPS) is 10.6. The fourth-order valence-electron chi connectivity index (χ4n) is 1.64. The van der Waals surface area contributed by atoms with Crippen LogP contribution in [0.5, 0.6) is 0 Å². The quantitative estimate of drug-likeness (QED) is 0.642. The predicted octanol–water partition coefficient (Wildman–Crippen LogP) is 1.71. The third kappa shape index (κ3) is 9.59. The van der Waals surface area contributed by atoms with Gasteiger partial charge in [0.05, 0.1) is 6.10 Å². The van der Waals surface area contributed by atoms with Gasteiger partial charge in [-0.2, -0.15) is 0 Å². The van der Waals surface area contributed by atoms with Crippen LogP contribution < -0.4 is 10.6 Å². The molecule has 1 aromatic carbocycles. The molecule has 0 fully saturated rings. The Kier molecular flexibility index (Phi) is 8.86. The Morgan fingerprint density at radius 1 is 1.13 bits per heavy atom. The molecule has 6 nitrogen and oxygen atoms in total. The Hall–Kier alpha value is -1.99. The Morgan fingerprint density at radius 3 is 2.43 bits per heavy atom. The van der Waals surface area contributed by atoms with Crippen molar-refractivity contribution in [1.82, 2.24) is 5.32 Å². The number of carbonyl (C=O) groups is 2. The van der Waals surface area contributed by atoms with Gasteiger partial charge in [-0.3, -0.25) is 9.59 Å². The molecule has 0 saturated heterocycles. The number of hydrogen-bond acceptors (Lipinski definition) is 4. The molecule has 0 aliphatic heterocycles. The van der Waals surface area contributed by atoms with Crippen LogP contribution in [0.2, 0.25) is 0 Å². The highest BCUT2D eigenvalue weighted by atomic mass is 19.1. The van der Waals surface area contributed by atoms with Crippen molar-refractivity contribution in [2.24, 2.45) is 0 Å². The Morgan fingerprint density at radius 2 is 1.78 bits per heavy atom. The van der Waals surface area contributed by atoms with E-state index in [-0.39, 0.29) is 31.0 Å². The molecule has 0 atom stereocenters. The summed E-state index contributed by atoms with van der Waals surface area (Å²) in [5.41, 5.74) is 0.467. The van der Waals surface area contributed by atoms with Gasteiger partial charge in [-0.25, -0.2) is 4.39 Å². The van der Waals surface area contributed by atoms with Gasteiger partial charge in [0.15, 0.2) is 0 Å². The smallest absolute Gasteiger partial charge is 0.250 e. The summed E-state index contributed by atoms with van der Waals surface area (Å²) in [6, 6.07) is 5.37. The minimum atomic E-state index is -0.408. The molecule has 0 radical (unpaired) electrons. The molecule has 1 aromatic rings. The highest BCUT2D eigenvalue weighted by Gasteiger charge is 2.06. The van der Waals surface area contributed by atoms with E-state index in [2.05, 4.69) is 10.6 Å². The van der Waals surface area contributed by atoms with Crippen LogP contribution in [0.4, 0.5) is 10.1 Å². The van der Waals surface area contributed by atoms with Gasteiger partial charge < -0.3 is 20.1 Å². The number of carbonyl (C=O) groups excluding carboxylic acids is 2. The average Bonchev–Trinajstić information content (AvgIpc) is 2.49. The minimum absolute atomic E-state index is 0.175. The van der Waals surface area contributed by atoms with Gasteiger partial charge in [-0.05, 0) is 44.5 Å². The molecule has 7 heteroatoms. The SMILES string of the molecule is CC(C)OCCCNC(=O)COCC(=O)Nc1ccc(F)cc1. The molecular formula is C16H23FN2O4. The number of amides is 2. The molecule has 0 unspecified atom stereocenters. The topological polar surface area (TPSA) is 76.7 Å². The molecule has 0 heterocycles. The van der Waals surface area contributed by atoms with Crippen LogP contribution in [0, 0.1) is 5.82 Å². The molecule has 128 valence electrons. The molecule has 0 aliphatic carbocycles. The summed E-state index contributed by atoms with van der Waals surface area (Å²) in [7, 11) is 0. The van der Waals surface area contributed by atoms with Gasteiger partial charge in [-0.1, -0.05) is 0 Å². The van der Waals surface area contributed by atoms with Gasteiger partial charge in [0.1, 0.15) is 19.0 Å². The first-order chi connectivity index (χ1) is 11.0. The van der Waals surface area contributed by atoms with Gasteiger partial charge in [0.2, 0.25) is 11.8 Å². The van der Waals surface area contributed by atoms with Crippen molar-refractivity contribution in [3.8, 4) is 0 Å². The van der Waals surface area contributed by atoms with Crippen LogP contribution in [-0.2, 0) is 19.1 Å². The van der Waals surface area contributed by atoms with E-state index in [9.17, 15) is 14.0 Å². The lowest BCUT2D eigenvalue weighted by Crippen LogP contribution is -2.30. The number of nitrogens with one attached hydrogen (secondary N) is 2. The van der Waals surface area contributed by atoms with E-state index < -0.39 is 5.91 Å². The van der Waals surface area contributed by atoms with Crippen LogP contribution in [0.3, 0.4) is 0 Å². The van der Waals surface area contributed by atoms with Crippen LogP contribution in [0.15, 0.2) is 24.3 Å². The lowest BCUT2D eigenvalue weighted by Gasteiger charge is -2.09. The minimum Gasteiger partial charge on any atom is -0.379 e. The van der Waals surface area contributed by atoms with Crippen molar-refractivity contribution in [3.05, 3.63) is 30.1 Å². The van der Waals surface area contributed by atoms with Gasteiger partial charge in [0.25, 0.3) is 0 Å². The van der Waals surface area contributed by atoms with Crippen molar-refractivity contribution in [2.75, 3.05) is 31.7 Å². The van der Waals surface area contributed by atoms with E-state index in [4.69, 9.17) is 9.47 Å². The number of hydrogen-bond donors (Lipinski definition) is 2. The first-order valence-electron chi connectivity index (χ1n) is 7.49. The van der Waals surface area contributed by atoms with Crippen molar-refractivity contribution >= 4 is 17.5 Å². The van der Waals surface area contributed by atoms with Crippen molar-refractivity contribution in [1.29, 1.82) is 0 Å². The van der Waals surface area contributed by atoms with E-state index in [1.807, 2.05) is 13.8 Å². The largest absolute Gasteiger partial charge is 0.379 e. The zero-order valence-electron chi connectivity index (χ0n) is 13.4. The molecule has 0 saturated carbocycles. The average molecular weight is 326 g/mol. The first kappa shape index (κ1) is 19.1. The zero-order valence-corrected chi connectivity index (χ0v) is 13.4. The van der Waals surface area contributed by atoms with E-state index in [1.54, 1.807) is 0 Å². The Labute approximate surface area is 135 Å². The molecule has 2 amide bonds. The summed E-state index contributed by atoms with van der Waals surface area (Å²) < 4.78 is 23.1. The summed E-state index contributed by atoms with van der Waals surface area (Å²) in [6.07, 6.45) is 0.892. The van der Waals surface area contributed by atoms with Crippen LogP contribution in [0.25, 0.3) is 0 Å². The monoisotopic (exact) mass is 326 g/mol. The zero-order chi connectivity index (χ0) is 17.1. The second kappa shape index (κ2) is 10.7. The molecule has 2 N–H and O–H groups in total. The van der Waals surface area contributed by atoms with Crippen LogP contribution in [-0.4, -0.2) is 44.3 Å². The Balaban J connectivity index is 2.07.